The number of rotatable bonds is 0. The van der Waals surface area contributed by atoms with Crippen LogP contribution in [0.2, 0.25) is 0 Å². The summed E-state index contributed by atoms with van der Waals surface area (Å²) in [5.41, 5.74) is 1.62. The molecule has 0 spiro atoms. The second-order valence-corrected chi connectivity index (χ2v) is 3.19. The molecule has 0 bridgehead atoms. The Morgan fingerprint density at radius 1 is 0.900 bits per heavy atom. The summed E-state index contributed by atoms with van der Waals surface area (Å²) in [6.07, 6.45) is 7.83. The molecule has 0 radical (unpaired) electrons. The second kappa shape index (κ2) is 2.65. The van der Waals surface area contributed by atoms with Gasteiger partial charge in [0.05, 0.1) is 12.4 Å². The van der Waals surface area contributed by atoms with Crippen LogP contribution in [0.4, 0.5) is 0 Å². The lowest BCUT2D eigenvalue weighted by atomic mass is 9.93. The molecule has 0 saturated carbocycles. The molecule has 1 aliphatic heterocycles. The molecular formula is C9H14O. The Kier molecular flexibility index (Phi) is 1.66. The van der Waals surface area contributed by atoms with Crippen molar-refractivity contribution >= 4 is 0 Å². The second-order valence-electron chi connectivity index (χ2n) is 3.19. The van der Waals surface area contributed by atoms with E-state index in [4.69, 9.17) is 4.74 Å². The predicted molar refractivity (Wildman–Crippen MR) is 40.7 cm³/mol. The zero-order chi connectivity index (χ0) is 6.81. The lowest BCUT2D eigenvalue weighted by Crippen LogP contribution is -2.10. The first kappa shape index (κ1) is 6.26. The van der Waals surface area contributed by atoms with Gasteiger partial charge in [-0.15, -0.1) is 0 Å². The van der Waals surface area contributed by atoms with Gasteiger partial charge in [0.2, 0.25) is 0 Å². The van der Waals surface area contributed by atoms with E-state index in [2.05, 4.69) is 0 Å². The van der Waals surface area contributed by atoms with E-state index in [9.17, 15) is 0 Å². The maximum absolute atomic E-state index is 5.56. The third-order valence-corrected chi connectivity index (χ3v) is 2.43. The van der Waals surface area contributed by atoms with Crippen LogP contribution in [0.5, 0.6) is 0 Å². The van der Waals surface area contributed by atoms with Gasteiger partial charge in [0.25, 0.3) is 0 Å². The smallest absolute Gasteiger partial charge is 0.0951 e. The minimum Gasteiger partial charge on any atom is -0.498 e. The summed E-state index contributed by atoms with van der Waals surface area (Å²) in [5, 5.41) is 0. The summed E-state index contributed by atoms with van der Waals surface area (Å²) in [5.74, 6) is 1.34. The highest BCUT2D eigenvalue weighted by molar-refractivity contribution is 5.13. The van der Waals surface area contributed by atoms with E-state index < -0.39 is 0 Å². The molecule has 2 rings (SSSR count). The zero-order valence-electron chi connectivity index (χ0n) is 6.36. The van der Waals surface area contributed by atoms with Gasteiger partial charge in [0.15, 0.2) is 0 Å². The van der Waals surface area contributed by atoms with Gasteiger partial charge in [-0.1, -0.05) is 0 Å². The molecule has 56 valence electrons. The molecule has 0 fully saturated rings. The van der Waals surface area contributed by atoms with Crippen molar-refractivity contribution in [3.05, 3.63) is 11.3 Å². The van der Waals surface area contributed by atoms with Gasteiger partial charge in [0, 0.05) is 6.42 Å². The minimum atomic E-state index is 0.971. The van der Waals surface area contributed by atoms with Gasteiger partial charge in [-0.05, 0) is 37.7 Å². The zero-order valence-corrected chi connectivity index (χ0v) is 6.36. The van der Waals surface area contributed by atoms with Gasteiger partial charge < -0.3 is 4.74 Å². The Hall–Kier alpha value is -0.460. The van der Waals surface area contributed by atoms with Crippen molar-refractivity contribution in [1.82, 2.24) is 0 Å². The topological polar surface area (TPSA) is 9.23 Å². The van der Waals surface area contributed by atoms with Crippen LogP contribution in [0.3, 0.4) is 0 Å². The SMILES string of the molecule is C1CCC2=C(C1)CCCO2. The van der Waals surface area contributed by atoms with E-state index in [0.29, 0.717) is 0 Å². The lowest BCUT2D eigenvalue weighted by Gasteiger charge is -2.24. The molecule has 1 heteroatoms. The van der Waals surface area contributed by atoms with Gasteiger partial charge in [0.1, 0.15) is 0 Å². The Bertz CT molecular complexity index is 124. The van der Waals surface area contributed by atoms with Crippen molar-refractivity contribution in [1.29, 1.82) is 0 Å². The van der Waals surface area contributed by atoms with E-state index in [0.717, 1.165) is 6.61 Å². The molecule has 0 aromatic rings. The average Bonchev–Trinajstić information content (AvgIpc) is 2.05. The van der Waals surface area contributed by atoms with Crippen LogP contribution in [-0.4, -0.2) is 6.61 Å². The maximum Gasteiger partial charge on any atom is 0.0951 e. The van der Waals surface area contributed by atoms with E-state index >= 15 is 0 Å². The predicted octanol–water partition coefficient (Wildman–Crippen LogP) is 2.62. The molecule has 0 amide bonds. The van der Waals surface area contributed by atoms with Crippen molar-refractivity contribution in [2.75, 3.05) is 6.61 Å². The summed E-state index contributed by atoms with van der Waals surface area (Å²) >= 11 is 0. The molecule has 10 heavy (non-hydrogen) atoms. The number of hydrogen-bond acceptors (Lipinski definition) is 1. The molecule has 0 aromatic heterocycles. The molecule has 0 aromatic carbocycles. The normalized spacial score (nSPS) is 25.6. The van der Waals surface area contributed by atoms with Gasteiger partial charge in [-0.3, -0.25) is 0 Å². The highest BCUT2D eigenvalue weighted by Gasteiger charge is 2.16. The fourth-order valence-corrected chi connectivity index (χ4v) is 1.86. The van der Waals surface area contributed by atoms with Gasteiger partial charge >= 0.3 is 0 Å². The van der Waals surface area contributed by atoms with Crippen LogP contribution < -0.4 is 0 Å². The van der Waals surface area contributed by atoms with E-state index in [-0.39, 0.29) is 0 Å². The highest BCUT2D eigenvalue weighted by Crippen LogP contribution is 2.31. The molecule has 0 N–H and O–H groups in total. The Morgan fingerprint density at radius 3 is 2.60 bits per heavy atom. The fraction of sp³-hybridized carbons (Fsp3) is 0.778. The highest BCUT2D eigenvalue weighted by atomic mass is 16.5. The van der Waals surface area contributed by atoms with Crippen LogP contribution in [0.1, 0.15) is 38.5 Å². The van der Waals surface area contributed by atoms with Crippen molar-refractivity contribution < 1.29 is 4.74 Å². The molecule has 1 aliphatic carbocycles. The minimum absolute atomic E-state index is 0.971. The van der Waals surface area contributed by atoms with Crippen molar-refractivity contribution in [3.8, 4) is 0 Å². The molecule has 0 unspecified atom stereocenters. The van der Waals surface area contributed by atoms with E-state index in [1.807, 2.05) is 0 Å². The Morgan fingerprint density at radius 2 is 1.70 bits per heavy atom. The quantitative estimate of drug-likeness (QED) is 0.500. The van der Waals surface area contributed by atoms with Gasteiger partial charge in [-0.2, -0.15) is 0 Å². The van der Waals surface area contributed by atoms with Crippen LogP contribution >= 0.6 is 0 Å². The Labute approximate surface area is 62.1 Å². The van der Waals surface area contributed by atoms with Crippen molar-refractivity contribution in [2.45, 2.75) is 38.5 Å². The monoisotopic (exact) mass is 138 g/mol. The summed E-state index contributed by atoms with van der Waals surface area (Å²) in [7, 11) is 0. The number of allylic oxidation sites excluding steroid dienone is 2. The summed E-state index contributed by atoms with van der Waals surface area (Å²) in [4.78, 5) is 0. The van der Waals surface area contributed by atoms with Crippen LogP contribution in [0.25, 0.3) is 0 Å². The molecule has 2 aliphatic rings. The third-order valence-electron chi connectivity index (χ3n) is 2.43. The average molecular weight is 138 g/mol. The third kappa shape index (κ3) is 1.05. The lowest BCUT2D eigenvalue weighted by molar-refractivity contribution is 0.168. The first-order chi connectivity index (χ1) is 4.97. The standard InChI is InChI=1S/C9H14O/c1-2-6-9-8(4-1)5-3-7-10-9/h1-7H2. The number of ether oxygens (including phenoxy) is 1. The van der Waals surface area contributed by atoms with Gasteiger partial charge in [-0.25, -0.2) is 0 Å². The van der Waals surface area contributed by atoms with Crippen LogP contribution in [0, 0.1) is 0 Å². The summed E-state index contributed by atoms with van der Waals surface area (Å²) in [6.45, 7) is 0.971. The van der Waals surface area contributed by atoms with E-state index in [1.54, 1.807) is 5.57 Å². The molecular weight excluding hydrogens is 124 g/mol. The maximum atomic E-state index is 5.56. The fourth-order valence-electron chi connectivity index (χ4n) is 1.86. The van der Waals surface area contributed by atoms with E-state index in [1.165, 1.54) is 44.3 Å². The van der Waals surface area contributed by atoms with Crippen LogP contribution in [-0.2, 0) is 4.74 Å². The first-order valence-electron chi connectivity index (χ1n) is 4.30. The molecule has 1 nitrogen and oxygen atoms in total. The van der Waals surface area contributed by atoms with Crippen molar-refractivity contribution in [3.63, 3.8) is 0 Å². The molecule has 0 saturated heterocycles. The molecule has 1 heterocycles. The summed E-state index contributed by atoms with van der Waals surface area (Å²) < 4.78 is 5.56. The summed E-state index contributed by atoms with van der Waals surface area (Å²) in [6, 6.07) is 0. The Balaban J connectivity index is 2.14. The van der Waals surface area contributed by atoms with Crippen LogP contribution in [0.15, 0.2) is 11.3 Å². The van der Waals surface area contributed by atoms with Crippen molar-refractivity contribution in [2.24, 2.45) is 0 Å². The number of hydrogen-bond donors (Lipinski definition) is 0. The largest absolute Gasteiger partial charge is 0.498 e. The molecule has 0 atom stereocenters. The first-order valence-corrected chi connectivity index (χ1v) is 4.30.